The van der Waals surface area contributed by atoms with Gasteiger partial charge in [0.15, 0.2) is 0 Å². The van der Waals surface area contributed by atoms with Gasteiger partial charge in [-0.25, -0.2) is 0 Å². The van der Waals surface area contributed by atoms with Crippen molar-refractivity contribution in [2.75, 3.05) is 0 Å². The van der Waals surface area contributed by atoms with Gasteiger partial charge in [0, 0.05) is 12.8 Å². The smallest absolute Gasteiger partial charge is 0.137 e. The van der Waals surface area contributed by atoms with Crippen LogP contribution in [0.5, 0.6) is 0 Å². The van der Waals surface area contributed by atoms with Gasteiger partial charge in [-0.3, -0.25) is 4.79 Å². The number of benzene rings is 1. The van der Waals surface area contributed by atoms with Crippen molar-refractivity contribution < 1.29 is 4.79 Å². The second-order valence-corrected chi connectivity index (χ2v) is 4.64. The highest BCUT2D eigenvalue weighted by Crippen LogP contribution is 2.09. The number of rotatable bonds is 5. The Kier molecular flexibility index (Phi) is 4.54. The maximum Gasteiger partial charge on any atom is 0.137 e. The highest BCUT2D eigenvalue weighted by molar-refractivity contribution is 5.80. The number of hydrogen-bond donors (Lipinski definition) is 0. The second-order valence-electron chi connectivity index (χ2n) is 4.64. The highest BCUT2D eigenvalue weighted by Gasteiger charge is 2.05. The number of aryl methyl sites for hydroxylation is 1. The van der Waals surface area contributed by atoms with Crippen molar-refractivity contribution in [2.24, 2.45) is 5.92 Å². The van der Waals surface area contributed by atoms with Gasteiger partial charge in [-0.15, -0.1) is 0 Å². The summed E-state index contributed by atoms with van der Waals surface area (Å²) in [6.45, 7) is 6.36. The Labute approximate surface area is 92.5 Å². The summed E-state index contributed by atoms with van der Waals surface area (Å²) in [5, 5.41) is 0. The average Bonchev–Trinajstić information content (AvgIpc) is 2.15. The van der Waals surface area contributed by atoms with Crippen LogP contribution in [0.15, 0.2) is 24.3 Å². The van der Waals surface area contributed by atoms with Crippen LogP contribution >= 0.6 is 0 Å². The summed E-state index contributed by atoms with van der Waals surface area (Å²) in [4.78, 5) is 11.6. The second kappa shape index (κ2) is 5.69. The van der Waals surface area contributed by atoms with E-state index in [-0.39, 0.29) is 0 Å². The van der Waals surface area contributed by atoms with Gasteiger partial charge in [0.2, 0.25) is 0 Å². The van der Waals surface area contributed by atoms with Gasteiger partial charge in [-0.05, 0) is 24.8 Å². The van der Waals surface area contributed by atoms with Gasteiger partial charge in [-0.2, -0.15) is 0 Å². The number of carbonyl (C=O) groups is 1. The summed E-state index contributed by atoms with van der Waals surface area (Å²) in [7, 11) is 0. The molecule has 82 valence electrons. The van der Waals surface area contributed by atoms with Crippen molar-refractivity contribution in [3.05, 3.63) is 35.4 Å². The summed E-state index contributed by atoms with van der Waals surface area (Å²) in [6.07, 6.45) is 2.31. The van der Waals surface area contributed by atoms with Crippen molar-refractivity contribution in [3.8, 4) is 0 Å². The molecule has 0 aromatic heterocycles. The zero-order valence-corrected chi connectivity index (χ0v) is 9.92. The van der Waals surface area contributed by atoms with Gasteiger partial charge in [0.05, 0.1) is 0 Å². The fourth-order valence-electron chi connectivity index (χ4n) is 1.59. The van der Waals surface area contributed by atoms with E-state index in [4.69, 9.17) is 0 Å². The van der Waals surface area contributed by atoms with Crippen molar-refractivity contribution in [2.45, 2.75) is 40.0 Å². The Hall–Kier alpha value is -1.11. The fourth-order valence-corrected chi connectivity index (χ4v) is 1.59. The molecule has 0 aliphatic heterocycles. The van der Waals surface area contributed by atoms with E-state index in [1.165, 1.54) is 5.56 Å². The van der Waals surface area contributed by atoms with Crippen molar-refractivity contribution in [1.29, 1.82) is 0 Å². The largest absolute Gasteiger partial charge is 0.299 e. The quantitative estimate of drug-likeness (QED) is 0.717. The predicted molar refractivity (Wildman–Crippen MR) is 64.0 cm³/mol. The molecule has 0 spiro atoms. The normalized spacial score (nSPS) is 10.7. The lowest BCUT2D eigenvalue weighted by Gasteiger charge is -2.04. The summed E-state index contributed by atoms with van der Waals surface area (Å²) < 4.78 is 0. The molecule has 0 radical (unpaired) electrons. The van der Waals surface area contributed by atoms with E-state index in [0.717, 1.165) is 12.0 Å². The molecule has 0 saturated carbocycles. The molecular formula is C14H20O. The van der Waals surface area contributed by atoms with Crippen molar-refractivity contribution in [1.82, 2.24) is 0 Å². The zero-order valence-electron chi connectivity index (χ0n) is 9.92. The van der Waals surface area contributed by atoms with Crippen LogP contribution in [0.4, 0.5) is 0 Å². The zero-order chi connectivity index (χ0) is 11.3. The lowest BCUT2D eigenvalue weighted by molar-refractivity contribution is -0.118. The van der Waals surface area contributed by atoms with E-state index in [0.29, 0.717) is 24.5 Å². The minimum Gasteiger partial charge on any atom is -0.299 e. The minimum atomic E-state index is 0.356. The molecule has 1 aromatic rings. The molecule has 0 aliphatic rings. The number of Topliss-reactive ketones (excluding diaryl/α,β-unsaturated/α-hetero) is 1. The topological polar surface area (TPSA) is 17.1 Å². The van der Waals surface area contributed by atoms with E-state index in [1.54, 1.807) is 0 Å². The van der Waals surface area contributed by atoms with Crippen LogP contribution in [0, 0.1) is 12.8 Å². The average molecular weight is 204 g/mol. The molecule has 0 aliphatic carbocycles. The molecule has 0 amide bonds. The van der Waals surface area contributed by atoms with E-state index in [1.807, 2.05) is 12.1 Å². The summed E-state index contributed by atoms with van der Waals surface area (Å²) in [6, 6.07) is 8.19. The number of carbonyl (C=O) groups excluding carboxylic acids is 1. The molecule has 0 saturated heterocycles. The lowest BCUT2D eigenvalue weighted by atomic mass is 10.0. The Bertz CT molecular complexity index is 326. The molecule has 1 aromatic carbocycles. The maximum atomic E-state index is 11.6. The summed E-state index contributed by atoms with van der Waals surface area (Å²) >= 11 is 0. The molecule has 1 heteroatoms. The van der Waals surface area contributed by atoms with Gasteiger partial charge >= 0.3 is 0 Å². The van der Waals surface area contributed by atoms with Gasteiger partial charge in [-0.1, -0.05) is 43.7 Å². The fraction of sp³-hybridized carbons (Fsp3) is 0.500. The van der Waals surface area contributed by atoms with E-state index < -0.39 is 0 Å². The molecule has 0 bridgehead atoms. The standard InChI is InChI=1S/C14H20O/c1-11(2)7-8-14(15)10-13-6-4-5-12(3)9-13/h4-6,9,11H,7-8,10H2,1-3H3. The summed E-state index contributed by atoms with van der Waals surface area (Å²) in [5.74, 6) is 0.973. The van der Waals surface area contributed by atoms with Crippen LogP contribution in [-0.2, 0) is 11.2 Å². The third kappa shape index (κ3) is 4.78. The van der Waals surface area contributed by atoms with Crippen LogP contribution in [0.25, 0.3) is 0 Å². The Morgan fingerprint density at radius 1 is 1.33 bits per heavy atom. The number of ketones is 1. The molecule has 0 unspecified atom stereocenters. The van der Waals surface area contributed by atoms with Crippen LogP contribution in [-0.4, -0.2) is 5.78 Å². The van der Waals surface area contributed by atoms with Gasteiger partial charge < -0.3 is 0 Å². The highest BCUT2D eigenvalue weighted by atomic mass is 16.1. The molecule has 0 atom stereocenters. The van der Waals surface area contributed by atoms with E-state index in [2.05, 4.69) is 32.9 Å². The maximum absolute atomic E-state index is 11.6. The molecule has 1 rings (SSSR count). The van der Waals surface area contributed by atoms with Crippen LogP contribution in [0.1, 0.15) is 37.8 Å². The SMILES string of the molecule is Cc1cccc(CC(=O)CCC(C)C)c1. The molecule has 15 heavy (non-hydrogen) atoms. The Morgan fingerprint density at radius 3 is 2.67 bits per heavy atom. The molecule has 0 N–H and O–H groups in total. The Morgan fingerprint density at radius 2 is 2.07 bits per heavy atom. The monoisotopic (exact) mass is 204 g/mol. The predicted octanol–water partition coefficient (Wildman–Crippen LogP) is 3.54. The Balaban J connectivity index is 2.44. The molecule has 1 nitrogen and oxygen atoms in total. The third-order valence-electron chi connectivity index (χ3n) is 2.48. The third-order valence-corrected chi connectivity index (χ3v) is 2.48. The first-order valence-corrected chi connectivity index (χ1v) is 5.65. The van der Waals surface area contributed by atoms with Crippen LogP contribution in [0.3, 0.4) is 0 Å². The summed E-state index contributed by atoms with van der Waals surface area (Å²) in [5.41, 5.74) is 2.37. The number of hydrogen-bond acceptors (Lipinski definition) is 1. The van der Waals surface area contributed by atoms with Crippen molar-refractivity contribution >= 4 is 5.78 Å². The molecule has 0 heterocycles. The molecular weight excluding hydrogens is 184 g/mol. The first kappa shape index (κ1) is 12.0. The van der Waals surface area contributed by atoms with Gasteiger partial charge in [0.25, 0.3) is 0 Å². The van der Waals surface area contributed by atoms with Crippen LogP contribution < -0.4 is 0 Å². The van der Waals surface area contributed by atoms with E-state index >= 15 is 0 Å². The van der Waals surface area contributed by atoms with Gasteiger partial charge in [0.1, 0.15) is 5.78 Å². The first-order valence-electron chi connectivity index (χ1n) is 5.65. The van der Waals surface area contributed by atoms with E-state index in [9.17, 15) is 4.79 Å². The van der Waals surface area contributed by atoms with Crippen LogP contribution in [0.2, 0.25) is 0 Å². The van der Waals surface area contributed by atoms with Crippen molar-refractivity contribution in [3.63, 3.8) is 0 Å². The lowest BCUT2D eigenvalue weighted by Crippen LogP contribution is -2.04. The minimum absolute atomic E-state index is 0.356. The first-order chi connectivity index (χ1) is 7.08. The molecule has 0 fully saturated rings.